The third-order valence-corrected chi connectivity index (χ3v) is 9.46. The maximum atomic E-state index is 12.6. The van der Waals surface area contributed by atoms with Gasteiger partial charge in [-0.3, -0.25) is 9.59 Å². The van der Waals surface area contributed by atoms with E-state index in [1.165, 1.54) is 12.1 Å². The predicted octanol–water partition coefficient (Wildman–Crippen LogP) is 3.30. The fraction of sp³-hybridized carbons (Fsp3) is 0. The van der Waals surface area contributed by atoms with Crippen LogP contribution in [0.4, 0.5) is 0 Å². The maximum absolute atomic E-state index is 12.6. The summed E-state index contributed by atoms with van der Waals surface area (Å²) < 4.78 is 40.0. The number of hydrogen-bond acceptors (Lipinski definition) is 14. The second kappa shape index (κ2) is 11.8. The summed E-state index contributed by atoms with van der Waals surface area (Å²) in [6, 6.07) is 24.4. The van der Waals surface area contributed by atoms with Gasteiger partial charge < -0.3 is 5.26 Å². The Morgan fingerprint density at radius 1 is 0.510 bits per heavy atom. The van der Waals surface area contributed by atoms with Crippen LogP contribution >= 0.6 is 12.0 Å². The molecule has 0 atom stereocenters. The number of aliphatic imine (C=N–C) groups is 8. The Balaban J connectivity index is 0.00000348. The van der Waals surface area contributed by atoms with E-state index in [-0.39, 0.29) is 51.8 Å². The zero-order valence-electron chi connectivity index (χ0n) is 24.3. The third kappa shape index (κ3) is 5.08. The van der Waals surface area contributed by atoms with Gasteiger partial charge in [0.05, 0.1) is 22.5 Å². The molecular formula is C32H15CuN8O6S2+. The molecule has 0 saturated carbocycles. The van der Waals surface area contributed by atoms with E-state index in [0.717, 1.165) is 5.56 Å². The van der Waals surface area contributed by atoms with Crippen molar-refractivity contribution in [3.8, 4) is 0 Å². The van der Waals surface area contributed by atoms with E-state index in [4.69, 9.17) is 34.9 Å². The molecule has 241 valence electrons. The second-order valence-electron chi connectivity index (χ2n) is 10.6. The molecule has 0 saturated heterocycles. The Morgan fingerprint density at radius 3 is 1.35 bits per heavy atom. The zero-order chi connectivity index (χ0) is 32.6. The monoisotopic (exact) mass is 734 g/mol. The molecule has 17 heteroatoms. The van der Waals surface area contributed by atoms with E-state index in [1.807, 2.05) is 48.5 Å². The normalized spacial score (nSPS) is 16.4. The van der Waals surface area contributed by atoms with Crippen LogP contribution in [0.3, 0.4) is 0 Å². The summed E-state index contributed by atoms with van der Waals surface area (Å²) in [4.78, 5) is 38.2. The molecule has 14 nitrogen and oxygen atoms in total. The first-order valence-corrected chi connectivity index (χ1v) is 16.3. The molecule has 4 aromatic rings. The van der Waals surface area contributed by atoms with Crippen molar-refractivity contribution in [3.05, 3.63) is 129 Å². The molecule has 0 aliphatic carbocycles. The van der Waals surface area contributed by atoms with Crippen LogP contribution in [0.5, 0.6) is 0 Å². The van der Waals surface area contributed by atoms with Crippen molar-refractivity contribution in [2.24, 2.45) is 39.9 Å². The number of fused-ring (bicyclic) bond motifs is 16. The Bertz CT molecular complexity index is 2540. The molecule has 5 aliphatic heterocycles. The number of hydrogen-bond donors (Lipinski definition) is 1. The van der Waals surface area contributed by atoms with Crippen LogP contribution < -0.4 is 5.26 Å². The Kier molecular flexibility index (Phi) is 7.51. The van der Waals surface area contributed by atoms with Crippen LogP contribution in [-0.2, 0) is 36.6 Å². The molecule has 9 rings (SSSR count). The first kappa shape index (κ1) is 31.2. The molecule has 8 bridgehead atoms. The minimum Gasteiger partial charge on any atom is -0.691 e. The predicted molar refractivity (Wildman–Crippen MR) is 176 cm³/mol. The van der Waals surface area contributed by atoms with Gasteiger partial charge in [-0.1, -0.05) is 72.8 Å². The molecule has 0 fully saturated rings. The summed E-state index contributed by atoms with van der Waals surface area (Å²) in [6.07, 6.45) is 0. The Hall–Kier alpha value is -5.10. The standard InChI is InChI=1S/C32H16N8O6S2.Cu/c41-45-46-47-21-13-5-11-19-23(21)31-37-27-17-9-3-1-7-15(17)25(34-27)33-26-16-8-2-4-10-18(16)28(35-26)38-32-24-20(30(40-32)36-29(19)39-31)12-6-14-22(24)48(42,43)44;/h1-14,41H,(H,42,43,44);/q;+2/p-1. The largest absolute Gasteiger partial charge is 2.00 e. The first-order valence-electron chi connectivity index (χ1n) is 14.1. The molecule has 5 heterocycles. The van der Waals surface area contributed by atoms with E-state index in [1.54, 1.807) is 24.3 Å². The van der Waals surface area contributed by atoms with Crippen LogP contribution in [0, 0.1) is 0 Å². The van der Waals surface area contributed by atoms with Crippen LogP contribution in [0.1, 0.15) is 44.5 Å². The van der Waals surface area contributed by atoms with Gasteiger partial charge in [0.2, 0.25) is 0 Å². The average molecular weight is 735 g/mol. The minimum absolute atomic E-state index is 0. The summed E-state index contributed by atoms with van der Waals surface area (Å²) >= 11 is 0.677. The average Bonchev–Trinajstić information content (AvgIpc) is 3.82. The van der Waals surface area contributed by atoms with E-state index in [0.29, 0.717) is 67.8 Å². The Labute approximate surface area is 291 Å². The van der Waals surface area contributed by atoms with Crippen molar-refractivity contribution in [2.75, 3.05) is 0 Å². The number of rotatable bonds is 4. The van der Waals surface area contributed by atoms with Gasteiger partial charge in [-0.05, 0) is 12.1 Å². The van der Waals surface area contributed by atoms with E-state index in [2.05, 4.69) is 14.4 Å². The molecule has 1 radical (unpaired) electrons. The van der Waals surface area contributed by atoms with Crippen molar-refractivity contribution >= 4 is 68.8 Å². The molecular weight excluding hydrogens is 720 g/mol. The third-order valence-electron chi connectivity index (χ3n) is 7.92. The molecule has 49 heavy (non-hydrogen) atoms. The number of amidine groups is 8. The zero-order valence-corrected chi connectivity index (χ0v) is 26.8. The fourth-order valence-corrected chi connectivity index (χ4v) is 7.16. The van der Waals surface area contributed by atoms with Crippen molar-refractivity contribution in [3.63, 3.8) is 0 Å². The molecule has 4 aromatic carbocycles. The molecule has 0 spiro atoms. The van der Waals surface area contributed by atoms with Crippen LogP contribution in [0.25, 0.3) is 0 Å². The van der Waals surface area contributed by atoms with Gasteiger partial charge in [0.15, 0.2) is 46.7 Å². The second-order valence-corrected chi connectivity index (χ2v) is 12.8. The van der Waals surface area contributed by atoms with Crippen LogP contribution in [0.2, 0.25) is 0 Å². The van der Waals surface area contributed by atoms with E-state index >= 15 is 0 Å². The number of nitrogens with zero attached hydrogens (tertiary/aromatic N) is 8. The molecule has 0 aromatic heterocycles. The summed E-state index contributed by atoms with van der Waals surface area (Å²) in [5.41, 5.74) is 4.11. The maximum Gasteiger partial charge on any atom is 2.00 e. The van der Waals surface area contributed by atoms with Crippen molar-refractivity contribution in [2.45, 2.75) is 9.79 Å². The van der Waals surface area contributed by atoms with Crippen molar-refractivity contribution in [1.82, 2.24) is 0 Å². The van der Waals surface area contributed by atoms with Gasteiger partial charge in [-0.2, -0.15) is 12.8 Å². The topological polar surface area (TPSA) is 195 Å². The molecule has 1 N–H and O–H groups in total. The van der Waals surface area contributed by atoms with Crippen LogP contribution in [-0.4, -0.2) is 59.7 Å². The summed E-state index contributed by atoms with van der Waals surface area (Å²) in [7, 11) is -4.71. The quantitative estimate of drug-likeness (QED) is 0.109. The number of benzene rings is 4. The Morgan fingerprint density at radius 2 is 0.878 bits per heavy atom. The summed E-state index contributed by atoms with van der Waals surface area (Å²) in [6.45, 7) is 0. The van der Waals surface area contributed by atoms with Gasteiger partial charge in [0, 0.05) is 38.9 Å². The van der Waals surface area contributed by atoms with Crippen molar-refractivity contribution in [1.29, 1.82) is 0 Å². The van der Waals surface area contributed by atoms with Crippen LogP contribution in [0.15, 0.2) is 135 Å². The van der Waals surface area contributed by atoms with E-state index in [9.17, 15) is 18.2 Å². The van der Waals surface area contributed by atoms with Crippen molar-refractivity contribution < 1.29 is 44.7 Å². The molecule has 0 amide bonds. The first-order chi connectivity index (χ1) is 23.4. The smallest absolute Gasteiger partial charge is 0.691 e. The summed E-state index contributed by atoms with van der Waals surface area (Å²) in [5, 5.41) is 14.4. The molecule has 0 unspecified atom stereocenters. The summed E-state index contributed by atoms with van der Waals surface area (Å²) in [5.74, 6) is 1.70. The van der Waals surface area contributed by atoms with Gasteiger partial charge in [-0.15, -0.1) is 0 Å². The minimum atomic E-state index is -4.71. The van der Waals surface area contributed by atoms with Gasteiger partial charge in [0.1, 0.15) is 4.90 Å². The van der Waals surface area contributed by atoms with Gasteiger partial charge >= 0.3 is 17.1 Å². The van der Waals surface area contributed by atoms with E-state index < -0.39 is 15.0 Å². The SMILES string of the molecule is O=S(=O)(O)c1cccc2c1C1=NC2=NC2=NC(=NC3=NC(=NC4=NC(=N1)c1ccccc14)c1ccccc13)c1c(SOO[O-])cccc12.[Cu+2]. The van der Waals surface area contributed by atoms with Gasteiger partial charge in [0.25, 0.3) is 10.1 Å². The van der Waals surface area contributed by atoms with Gasteiger partial charge in [-0.25, -0.2) is 39.9 Å². The molecule has 5 aliphatic rings. The fourth-order valence-electron chi connectivity index (χ4n) is 5.93.